The largest absolute Gasteiger partial charge is 0.497 e. The molecule has 0 fully saturated rings. The molecule has 0 saturated carbocycles. The van der Waals surface area contributed by atoms with E-state index in [4.69, 9.17) is 10.1 Å². The Kier molecular flexibility index (Phi) is 3.14. The Balaban J connectivity index is 1.78. The molecule has 1 N–H and O–H groups in total. The smallest absolute Gasteiger partial charge is 0.129 e. The highest BCUT2D eigenvalue weighted by molar-refractivity contribution is 6.00. The van der Waals surface area contributed by atoms with Crippen LogP contribution in [0.25, 0.3) is 0 Å². The van der Waals surface area contributed by atoms with Gasteiger partial charge in [0, 0.05) is 18.7 Å². The SMILES string of the molecule is COc1ccc(CN2Cc3ccc(F)cc3C2=N)cc1. The average Bonchev–Trinajstić information content (AvgIpc) is 2.76. The van der Waals surface area contributed by atoms with E-state index in [1.165, 1.54) is 12.1 Å². The molecule has 0 radical (unpaired) electrons. The zero-order valence-corrected chi connectivity index (χ0v) is 11.2. The number of nitrogens with one attached hydrogen (secondary N) is 1. The van der Waals surface area contributed by atoms with Crippen LogP contribution >= 0.6 is 0 Å². The van der Waals surface area contributed by atoms with Crippen LogP contribution in [0.1, 0.15) is 16.7 Å². The van der Waals surface area contributed by atoms with Gasteiger partial charge in [-0.1, -0.05) is 18.2 Å². The van der Waals surface area contributed by atoms with Crippen molar-refractivity contribution in [2.24, 2.45) is 0 Å². The fourth-order valence-electron chi connectivity index (χ4n) is 2.45. The fraction of sp³-hybridized carbons (Fsp3) is 0.188. The second kappa shape index (κ2) is 4.96. The minimum absolute atomic E-state index is 0.292. The van der Waals surface area contributed by atoms with Crippen LogP contribution in [0.2, 0.25) is 0 Å². The van der Waals surface area contributed by atoms with Crippen molar-refractivity contribution in [3.63, 3.8) is 0 Å². The van der Waals surface area contributed by atoms with E-state index in [1.54, 1.807) is 13.2 Å². The second-order valence-corrected chi connectivity index (χ2v) is 4.85. The molecule has 2 aromatic carbocycles. The molecule has 0 aliphatic carbocycles. The molecule has 1 aliphatic rings. The minimum atomic E-state index is -0.292. The van der Waals surface area contributed by atoms with Crippen molar-refractivity contribution in [1.29, 1.82) is 5.41 Å². The first-order valence-electron chi connectivity index (χ1n) is 6.42. The van der Waals surface area contributed by atoms with Gasteiger partial charge in [-0.05, 0) is 35.4 Å². The second-order valence-electron chi connectivity index (χ2n) is 4.85. The molecule has 102 valence electrons. The molecule has 2 aromatic rings. The average molecular weight is 270 g/mol. The van der Waals surface area contributed by atoms with Crippen LogP contribution in [-0.4, -0.2) is 17.8 Å². The standard InChI is InChI=1S/C16H15FN2O/c1-20-14-6-2-11(3-7-14)9-19-10-12-4-5-13(17)8-15(12)16(19)18/h2-8,18H,9-10H2,1H3. The molecule has 0 atom stereocenters. The summed E-state index contributed by atoms with van der Waals surface area (Å²) in [4.78, 5) is 1.94. The number of amidine groups is 1. The molecule has 0 saturated heterocycles. The van der Waals surface area contributed by atoms with Gasteiger partial charge in [0.25, 0.3) is 0 Å². The Bertz CT molecular complexity index is 652. The number of fused-ring (bicyclic) bond motifs is 1. The van der Waals surface area contributed by atoms with E-state index in [0.717, 1.165) is 16.9 Å². The number of ether oxygens (including phenoxy) is 1. The zero-order valence-electron chi connectivity index (χ0n) is 11.2. The summed E-state index contributed by atoms with van der Waals surface area (Å²) in [5.74, 6) is 0.908. The molecule has 1 heterocycles. The highest BCUT2D eigenvalue weighted by Gasteiger charge is 2.24. The summed E-state index contributed by atoms with van der Waals surface area (Å²) < 4.78 is 18.4. The lowest BCUT2D eigenvalue weighted by molar-refractivity contribution is 0.411. The van der Waals surface area contributed by atoms with Gasteiger partial charge >= 0.3 is 0 Å². The number of nitrogens with zero attached hydrogens (tertiary/aromatic N) is 1. The first-order valence-corrected chi connectivity index (χ1v) is 6.42. The van der Waals surface area contributed by atoms with E-state index in [1.807, 2.05) is 29.2 Å². The first kappa shape index (κ1) is 12.7. The number of rotatable bonds is 3. The molecule has 0 unspecified atom stereocenters. The van der Waals surface area contributed by atoms with Crippen molar-refractivity contribution < 1.29 is 9.13 Å². The first-order chi connectivity index (χ1) is 9.67. The Hall–Kier alpha value is -2.36. The summed E-state index contributed by atoms with van der Waals surface area (Å²) >= 11 is 0. The summed E-state index contributed by atoms with van der Waals surface area (Å²) in [6.07, 6.45) is 0. The van der Waals surface area contributed by atoms with Crippen LogP contribution in [0.5, 0.6) is 5.75 Å². The number of hydrogen-bond donors (Lipinski definition) is 1. The fourth-order valence-corrected chi connectivity index (χ4v) is 2.45. The topological polar surface area (TPSA) is 36.3 Å². The third-order valence-electron chi connectivity index (χ3n) is 3.54. The number of halogens is 1. The maximum atomic E-state index is 13.2. The van der Waals surface area contributed by atoms with Gasteiger partial charge in [0.1, 0.15) is 17.4 Å². The molecular formula is C16H15FN2O. The van der Waals surface area contributed by atoms with Crippen molar-refractivity contribution in [2.75, 3.05) is 7.11 Å². The van der Waals surface area contributed by atoms with Crippen LogP contribution in [0.15, 0.2) is 42.5 Å². The quantitative estimate of drug-likeness (QED) is 0.930. The normalized spacial score (nSPS) is 13.5. The van der Waals surface area contributed by atoms with E-state index in [0.29, 0.717) is 24.5 Å². The van der Waals surface area contributed by atoms with Crippen molar-refractivity contribution in [3.8, 4) is 5.75 Å². The van der Waals surface area contributed by atoms with Crippen LogP contribution in [0, 0.1) is 11.2 Å². The van der Waals surface area contributed by atoms with Crippen LogP contribution in [-0.2, 0) is 13.1 Å². The molecule has 4 heteroatoms. The molecule has 0 amide bonds. The van der Waals surface area contributed by atoms with E-state index in [-0.39, 0.29) is 5.82 Å². The lowest BCUT2D eigenvalue weighted by Crippen LogP contribution is -2.23. The lowest BCUT2D eigenvalue weighted by atomic mass is 10.1. The zero-order chi connectivity index (χ0) is 14.1. The Morgan fingerprint density at radius 3 is 2.65 bits per heavy atom. The van der Waals surface area contributed by atoms with Gasteiger partial charge in [0.2, 0.25) is 0 Å². The molecule has 0 bridgehead atoms. The van der Waals surface area contributed by atoms with Crippen molar-refractivity contribution in [2.45, 2.75) is 13.1 Å². The maximum absolute atomic E-state index is 13.2. The molecule has 1 aliphatic heterocycles. The van der Waals surface area contributed by atoms with Crippen LogP contribution in [0.3, 0.4) is 0 Å². The highest BCUT2D eigenvalue weighted by Crippen LogP contribution is 2.25. The summed E-state index contributed by atoms with van der Waals surface area (Å²) in [6.45, 7) is 1.29. The third kappa shape index (κ3) is 2.25. The Morgan fingerprint density at radius 1 is 1.20 bits per heavy atom. The number of benzene rings is 2. The number of hydrogen-bond acceptors (Lipinski definition) is 2. The van der Waals surface area contributed by atoms with Crippen LogP contribution < -0.4 is 4.74 Å². The van der Waals surface area contributed by atoms with Gasteiger partial charge in [0.15, 0.2) is 0 Å². The summed E-state index contributed by atoms with van der Waals surface area (Å²) in [7, 11) is 1.64. The minimum Gasteiger partial charge on any atom is -0.497 e. The van der Waals surface area contributed by atoms with Crippen molar-refractivity contribution in [1.82, 2.24) is 4.90 Å². The molecule has 0 spiro atoms. The van der Waals surface area contributed by atoms with Gasteiger partial charge in [-0.2, -0.15) is 0 Å². The van der Waals surface area contributed by atoms with E-state index in [9.17, 15) is 4.39 Å². The Labute approximate surface area is 117 Å². The summed E-state index contributed by atoms with van der Waals surface area (Å²) in [5, 5.41) is 8.15. The maximum Gasteiger partial charge on any atom is 0.129 e. The lowest BCUT2D eigenvalue weighted by Gasteiger charge is -2.18. The van der Waals surface area contributed by atoms with Crippen molar-refractivity contribution in [3.05, 3.63) is 65.0 Å². The van der Waals surface area contributed by atoms with Gasteiger partial charge < -0.3 is 9.64 Å². The Morgan fingerprint density at radius 2 is 1.95 bits per heavy atom. The van der Waals surface area contributed by atoms with E-state index < -0.39 is 0 Å². The van der Waals surface area contributed by atoms with Gasteiger partial charge in [-0.25, -0.2) is 4.39 Å². The highest BCUT2D eigenvalue weighted by atomic mass is 19.1. The predicted octanol–water partition coefficient (Wildman–Crippen LogP) is 3.18. The molecule has 20 heavy (non-hydrogen) atoms. The van der Waals surface area contributed by atoms with Gasteiger partial charge in [-0.15, -0.1) is 0 Å². The van der Waals surface area contributed by atoms with E-state index >= 15 is 0 Å². The van der Waals surface area contributed by atoms with E-state index in [2.05, 4.69) is 0 Å². The van der Waals surface area contributed by atoms with Gasteiger partial charge in [-0.3, -0.25) is 5.41 Å². The van der Waals surface area contributed by atoms with Crippen molar-refractivity contribution >= 4 is 5.84 Å². The van der Waals surface area contributed by atoms with Crippen LogP contribution in [0.4, 0.5) is 4.39 Å². The summed E-state index contributed by atoms with van der Waals surface area (Å²) in [5.41, 5.74) is 2.80. The summed E-state index contributed by atoms with van der Waals surface area (Å²) in [6, 6.07) is 12.4. The number of methoxy groups -OCH3 is 1. The molecule has 0 aromatic heterocycles. The molecular weight excluding hydrogens is 255 g/mol. The van der Waals surface area contributed by atoms with Gasteiger partial charge in [0.05, 0.1) is 7.11 Å². The predicted molar refractivity (Wildman–Crippen MR) is 75.5 cm³/mol. The third-order valence-corrected chi connectivity index (χ3v) is 3.54. The molecule has 3 rings (SSSR count). The molecule has 3 nitrogen and oxygen atoms in total. The monoisotopic (exact) mass is 270 g/mol.